The summed E-state index contributed by atoms with van der Waals surface area (Å²) < 4.78 is 0. The van der Waals surface area contributed by atoms with E-state index in [0.717, 1.165) is 63.2 Å². The number of anilines is 4. The Kier molecular flexibility index (Phi) is 9.78. The monoisotopic (exact) mass is 592 g/mol. The molecule has 1 saturated carbocycles. The van der Waals surface area contributed by atoms with Crippen LogP contribution in [0.25, 0.3) is 0 Å². The van der Waals surface area contributed by atoms with Gasteiger partial charge < -0.3 is 31.3 Å². The average molecular weight is 593 g/mol. The molecule has 5 rings (SSSR count). The number of amides is 1. The fourth-order valence-corrected chi connectivity index (χ4v) is 7.01. The van der Waals surface area contributed by atoms with E-state index >= 15 is 0 Å². The first kappa shape index (κ1) is 31.5. The first-order chi connectivity index (χ1) is 20.6. The van der Waals surface area contributed by atoms with E-state index in [0.29, 0.717) is 24.1 Å². The van der Waals surface area contributed by atoms with Gasteiger partial charge in [0.05, 0.1) is 11.3 Å². The number of aliphatic hydroxyl groups is 1. The normalized spacial score (nSPS) is 24.3. The van der Waals surface area contributed by atoms with Crippen LogP contribution in [-0.4, -0.2) is 94.8 Å². The molecule has 10 heteroatoms. The molecule has 2 aliphatic heterocycles. The Labute approximate surface area is 257 Å². The van der Waals surface area contributed by atoms with Gasteiger partial charge in [-0.15, -0.1) is 0 Å². The molecule has 0 spiro atoms. The zero-order valence-corrected chi connectivity index (χ0v) is 26.8. The third-order valence-electron chi connectivity index (χ3n) is 10.1. The summed E-state index contributed by atoms with van der Waals surface area (Å²) in [7, 11) is 2.21. The van der Waals surface area contributed by atoms with Crippen molar-refractivity contribution in [2.75, 3.05) is 61.8 Å². The second-order valence-electron chi connectivity index (χ2n) is 13.3. The van der Waals surface area contributed by atoms with Crippen molar-refractivity contribution in [2.45, 2.75) is 90.3 Å². The van der Waals surface area contributed by atoms with Crippen LogP contribution in [0.5, 0.6) is 0 Å². The average Bonchev–Trinajstić information content (AvgIpc) is 2.99. The SMILES string of the molecule is CCc1nc(C(N)=O)c(Nc2ccc(N3CCC(N4CCN(C)CC4)CC3)c(C)c2)nc1N[C@H]1CC[C@@](O)(C(C)C)CC1. The number of carbonyl (C=O) groups is 1. The number of nitrogens with one attached hydrogen (secondary N) is 2. The molecule has 1 aromatic carbocycles. The van der Waals surface area contributed by atoms with E-state index in [2.05, 4.69) is 76.3 Å². The molecule has 1 aliphatic carbocycles. The third kappa shape index (κ3) is 7.24. The molecule has 0 atom stereocenters. The van der Waals surface area contributed by atoms with E-state index in [1.165, 1.54) is 37.2 Å². The fraction of sp³-hybridized carbons (Fsp3) is 0.667. The van der Waals surface area contributed by atoms with Gasteiger partial charge >= 0.3 is 0 Å². The lowest BCUT2D eigenvalue weighted by Crippen LogP contribution is -2.52. The van der Waals surface area contributed by atoms with Crippen molar-refractivity contribution in [3.63, 3.8) is 0 Å². The van der Waals surface area contributed by atoms with Gasteiger partial charge in [0, 0.05) is 62.7 Å². The maximum Gasteiger partial charge on any atom is 0.271 e. The van der Waals surface area contributed by atoms with Crippen LogP contribution in [-0.2, 0) is 6.42 Å². The van der Waals surface area contributed by atoms with Crippen LogP contribution in [0, 0.1) is 12.8 Å². The van der Waals surface area contributed by atoms with Crippen LogP contribution in [0.1, 0.15) is 81.0 Å². The predicted molar refractivity (Wildman–Crippen MR) is 174 cm³/mol. The van der Waals surface area contributed by atoms with E-state index in [9.17, 15) is 9.90 Å². The highest BCUT2D eigenvalue weighted by atomic mass is 16.3. The molecule has 5 N–H and O–H groups in total. The Bertz CT molecular complexity index is 1260. The molecule has 236 valence electrons. The molecule has 3 fully saturated rings. The number of aromatic nitrogens is 2. The van der Waals surface area contributed by atoms with Gasteiger partial charge in [-0.3, -0.25) is 9.69 Å². The van der Waals surface area contributed by atoms with Crippen LogP contribution in [0.4, 0.5) is 23.0 Å². The van der Waals surface area contributed by atoms with Crippen molar-refractivity contribution in [2.24, 2.45) is 11.7 Å². The Morgan fingerprint density at radius 2 is 1.72 bits per heavy atom. The van der Waals surface area contributed by atoms with E-state index < -0.39 is 11.5 Å². The highest BCUT2D eigenvalue weighted by molar-refractivity contribution is 5.96. The zero-order chi connectivity index (χ0) is 30.7. The van der Waals surface area contributed by atoms with Gasteiger partial charge in [0.1, 0.15) is 5.82 Å². The molecule has 2 saturated heterocycles. The number of likely N-dealkylation sites (N-methyl/N-ethyl adjacent to an activating group) is 1. The summed E-state index contributed by atoms with van der Waals surface area (Å²) in [5, 5.41) is 17.8. The van der Waals surface area contributed by atoms with E-state index in [4.69, 9.17) is 10.7 Å². The Morgan fingerprint density at radius 1 is 1.05 bits per heavy atom. The molecule has 1 amide bonds. The minimum absolute atomic E-state index is 0.146. The quantitative estimate of drug-likeness (QED) is 0.340. The Morgan fingerprint density at radius 3 is 2.30 bits per heavy atom. The standard InChI is InChI=1S/C33H52N8O2/c1-6-27-31(35-24-9-13-33(43,14-10-24)22(2)3)38-32(29(37-27)30(34)42)36-25-7-8-28(23(4)21-25)41-15-11-26(12-16-41)40-19-17-39(5)18-20-40/h7-8,21-22,24,26,43H,6,9-20H2,1-5H3,(H2,34,42)(H2,35,36,38)/t24-,33-. The second kappa shape index (κ2) is 13.4. The number of primary amides is 1. The van der Waals surface area contributed by atoms with E-state index in [1.807, 2.05) is 6.92 Å². The summed E-state index contributed by atoms with van der Waals surface area (Å²) in [5.41, 5.74) is 9.31. The van der Waals surface area contributed by atoms with Crippen LogP contribution in [0.15, 0.2) is 18.2 Å². The van der Waals surface area contributed by atoms with Crippen molar-refractivity contribution in [1.29, 1.82) is 0 Å². The Balaban J connectivity index is 1.27. The van der Waals surface area contributed by atoms with Gasteiger partial charge in [-0.05, 0) is 88.6 Å². The van der Waals surface area contributed by atoms with Crippen molar-refractivity contribution < 1.29 is 9.90 Å². The molecule has 43 heavy (non-hydrogen) atoms. The van der Waals surface area contributed by atoms with Crippen LogP contribution in [0.2, 0.25) is 0 Å². The number of nitrogens with zero attached hydrogens (tertiary/aromatic N) is 5. The maximum absolute atomic E-state index is 12.4. The first-order valence-electron chi connectivity index (χ1n) is 16.3. The topological polar surface area (TPSA) is 123 Å². The summed E-state index contributed by atoms with van der Waals surface area (Å²) in [5.74, 6) is 0.662. The van der Waals surface area contributed by atoms with Gasteiger partial charge in [0.15, 0.2) is 11.5 Å². The zero-order valence-electron chi connectivity index (χ0n) is 26.8. The molecular weight excluding hydrogens is 540 g/mol. The number of aryl methyl sites for hydroxylation is 2. The van der Waals surface area contributed by atoms with Crippen molar-refractivity contribution in [3.05, 3.63) is 35.2 Å². The van der Waals surface area contributed by atoms with Crippen molar-refractivity contribution >= 4 is 28.9 Å². The number of rotatable bonds is 9. The number of hydrogen-bond donors (Lipinski definition) is 4. The summed E-state index contributed by atoms with van der Waals surface area (Å²) in [6, 6.07) is 7.20. The summed E-state index contributed by atoms with van der Waals surface area (Å²) in [4.78, 5) is 29.5. The van der Waals surface area contributed by atoms with Crippen molar-refractivity contribution in [3.8, 4) is 0 Å². The van der Waals surface area contributed by atoms with Crippen LogP contribution in [0.3, 0.4) is 0 Å². The lowest BCUT2D eigenvalue weighted by Gasteiger charge is -2.43. The molecule has 1 aromatic heterocycles. The Hall–Kier alpha value is -2.95. The number of piperidine rings is 1. The van der Waals surface area contributed by atoms with Gasteiger partial charge in [0.2, 0.25) is 0 Å². The maximum atomic E-state index is 12.4. The van der Waals surface area contributed by atoms with Gasteiger partial charge in [0.25, 0.3) is 5.91 Å². The van der Waals surface area contributed by atoms with Crippen LogP contribution >= 0.6 is 0 Å². The molecular formula is C33H52N8O2. The van der Waals surface area contributed by atoms with Gasteiger partial charge in [-0.25, -0.2) is 9.97 Å². The van der Waals surface area contributed by atoms with E-state index in [-0.39, 0.29) is 17.7 Å². The lowest BCUT2D eigenvalue weighted by atomic mass is 9.75. The van der Waals surface area contributed by atoms with Crippen molar-refractivity contribution in [1.82, 2.24) is 19.8 Å². The lowest BCUT2D eigenvalue weighted by molar-refractivity contribution is -0.0390. The first-order valence-corrected chi connectivity index (χ1v) is 16.3. The molecule has 0 bridgehead atoms. The molecule has 0 radical (unpaired) electrons. The summed E-state index contributed by atoms with van der Waals surface area (Å²) in [6.45, 7) is 15.1. The number of piperazine rings is 1. The minimum atomic E-state index is -0.607. The van der Waals surface area contributed by atoms with Gasteiger partial charge in [-0.2, -0.15) is 0 Å². The number of benzene rings is 1. The molecule has 2 aromatic rings. The largest absolute Gasteiger partial charge is 0.390 e. The highest BCUT2D eigenvalue weighted by Crippen LogP contribution is 2.36. The predicted octanol–water partition coefficient (Wildman–Crippen LogP) is 4.15. The fourth-order valence-electron chi connectivity index (χ4n) is 7.01. The number of carbonyl (C=O) groups excluding carboxylic acids is 1. The highest BCUT2D eigenvalue weighted by Gasteiger charge is 2.36. The number of hydrogen-bond acceptors (Lipinski definition) is 9. The molecule has 0 unspecified atom stereocenters. The van der Waals surface area contributed by atoms with Gasteiger partial charge in [-0.1, -0.05) is 20.8 Å². The third-order valence-corrected chi connectivity index (χ3v) is 10.1. The molecule has 10 nitrogen and oxygen atoms in total. The summed E-state index contributed by atoms with van der Waals surface area (Å²) in [6.07, 6.45) is 6.22. The second-order valence-corrected chi connectivity index (χ2v) is 13.3. The van der Waals surface area contributed by atoms with E-state index in [1.54, 1.807) is 0 Å². The van der Waals surface area contributed by atoms with Crippen LogP contribution < -0.4 is 21.3 Å². The number of nitrogens with two attached hydrogens (primary N) is 1. The smallest absolute Gasteiger partial charge is 0.271 e. The molecule has 3 aliphatic rings. The minimum Gasteiger partial charge on any atom is -0.390 e. The summed E-state index contributed by atoms with van der Waals surface area (Å²) >= 11 is 0. The molecule has 3 heterocycles.